The normalized spacial score (nSPS) is 19.1. The fourth-order valence-electron chi connectivity index (χ4n) is 3.62. The van der Waals surface area contributed by atoms with Gasteiger partial charge in [0, 0.05) is 12.1 Å². The molecule has 0 aliphatic heterocycles. The van der Waals surface area contributed by atoms with E-state index >= 15 is 0 Å². The number of hydrogen-bond donors (Lipinski definition) is 2. The quantitative estimate of drug-likeness (QED) is 0.800. The van der Waals surface area contributed by atoms with Gasteiger partial charge in [0.25, 0.3) is 0 Å². The zero-order valence-electron chi connectivity index (χ0n) is 15.6. The number of carbonyl (C=O) groups is 2. The van der Waals surface area contributed by atoms with Gasteiger partial charge in [-0.15, -0.1) is 0 Å². The van der Waals surface area contributed by atoms with Crippen LogP contribution >= 0.6 is 0 Å². The van der Waals surface area contributed by atoms with E-state index in [1.807, 2.05) is 0 Å². The molecule has 2 aromatic carbocycles. The Kier molecular flexibility index (Phi) is 6.74. The Hall–Kier alpha value is -2.76. The van der Waals surface area contributed by atoms with E-state index in [2.05, 4.69) is 10.6 Å². The van der Waals surface area contributed by atoms with E-state index < -0.39 is 11.6 Å². The van der Waals surface area contributed by atoms with Crippen LogP contribution in [0.2, 0.25) is 0 Å². The molecule has 2 unspecified atom stereocenters. The van der Waals surface area contributed by atoms with Gasteiger partial charge in [-0.3, -0.25) is 9.59 Å². The monoisotopic (exact) mass is 386 g/mol. The van der Waals surface area contributed by atoms with Crippen molar-refractivity contribution < 1.29 is 18.4 Å². The van der Waals surface area contributed by atoms with Gasteiger partial charge in [-0.2, -0.15) is 0 Å². The van der Waals surface area contributed by atoms with Crippen LogP contribution in [-0.2, 0) is 22.4 Å². The minimum absolute atomic E-state index is 0.0426. The molecule has 3 rings (SSSR count). The van der Waals surface area contributed by atoms with Crippen molar-refractivity contribution in [3.8, 4) is 0 Å². The summed E-state index contributed by atoms with van der Waals surface area (Å²) in [6.45, 7) is 0. The van der Waals surface area contributed by atoms with Crippen LogP contribution in [0.4, 0.5) is 8.78 Å². The number of hydrogen-bond acceptors (Lipinski definition) is 2. The van der Waals surface area contributed by atoms with Crippen molar-refractivity contribution in [2.75, 3.05) is 0 Å². The molecule has 1 fully saturated rings. The molecule has 0 radical (unpaired) electrons. The molecule has 6 heteroatoms. The van der Waals surface area contributed by atoms with Crippen molar-refractivity contribution in [3.63, 3.8) is 0 Å². The first-order chi connectivity index (χ1) is 13.5. The molecule has 1 saturated carbocycles. The molecule has 2 N–H and O–H groups in total. The van der Waals surface area contributed by atoms with Gasteiger partial charge < -0.3 is 10.6 Å². The molecule has 0 aromatic heterocycles. The third-order valence-electron chi connectivity index (χ3n) is 5.08. The van der Waals surface area contributed by atoms with E-state index in [1.165, 1.54) is 12.1 Å². The average Bonchev–Trinajstić information content (AvgIpc) is 2.67. The van der Waals surface area contributed by atoms with Gasteiger partial charge >= 0.3 is 0 Å². The fourth-order valence-corrected chi connectivity index (χ4v) is 3.62. The number of benzene rings is 2. The number of carbonyl (C=O) groups excluding carboxylic acids is 2. The Bertz CT molecular complexity index is 771. The second kappa shape index (κ2) is 9.44. The molecule has 4 nitrogen and oxygen atoms in total. The molecule has 0 heterocycles. The highest BCUT2D eigenvalue weighted by atomic mass is 19.1. The molecule has 2 atom stereocenters. The predicted octanol–water partition coefficient (Wildman–Crippen LogP) is 3.29. The van der Waals surface area contributed by atoms with Gasteiger partial charge in [-0.1, -0.05) is 49.2 Å². The van der Waals surface area contributed by atoms with Gasteiger partial charge in [0.05, 0.1) is 12.8 Å². The maximum Gasteiger partial charge on any atom is 0.224 e. The number of halogens is 2. The van der Waals surface area contributed by atoms with Crippen LogP contribution < -0.4 is 10.6 Å². The first kappa shape index (κ1) is 20.0. The van der Waals surface area contributed by atoms with Crippen molar-refractivity contribution in [3.05, 3.63) is 71.3 Å². The van der Waals surface area contributed by atoms with E-state index in [1.54, 1.807) is 36.4 Å². The summed E-state index contributed by atoms with van der Waals surface area (Å²) in [5.74, 6) is -1.36. The van der Waals surface area contributed by atoms with Crippen LogP contribution in [0.5, 0.6) is 0 Å². The lowest BCUT2D eigenvalue weighted by atomic mass is 9.89. The van der Waals surface area contributed by atoms with Crippen molar-refractivity contribution in [1.29, 1.82) is 0 Å². The summed E-state index contributed by atoms with van der Waals surface area (Å²) >= 11 is 0. The van der Waals surface area contributed by atoms with Crippen LogP contribution in [0, 0.1) is 11.6 Å². The Morgan fingerprint density at radius 1 is 0.750 bits per heavy atom. The molecule has 0 spiro atoms. The number of rotatable bonds is 6. The molecular formula is C22H24F2N2O2. The number of nitrogens with one attached hydrogen (secondary N) is 2. The van der Waals surface area contributed by atoms with E-state index in [0.717, 1.165) is 25.7 Å². The second-order valence-corrected chi connectivity index (χ2v) is 7.17. The molecule has 0 bridgehead atoms. The standard InChI is InChI=1S/C22H24F2N2O2/c23-17-9-3-1-7-15(17)13-21(27)25-19-11-5-6-12-20(19)26-22(28)14-16-8-2-4-10-18(16)24/h1-4,7-10,19-20H,5-6,11-14H2,(H,25,27)(H,26,28). The fraction of sp³-hybridized carbons (Fsp3) is 0.364. The lowest BCUT2D eigenvalue weighted by molar-refractivity contribution is -0.124. The first-order valence-electron chi connectivity index (χ1n) is 9.58. The molecule has 1 aliphatic rings. The van der Waals surface area contributed by atoms with Crippen molar-refractivity contribution >= 4 is 11.8 Å². The Morgan fingerprint density at radius 3 is 1.54 bits per heavy atom. The Labute approximate surface area is 163 Å². The largest absolute Gasteiger partial charge is 0.351 e. The summed E-state index contributed by atoms with van der Waals surface area (Å²) in [4.78, 5) is 24.7. The molecular weight excluding hydrogens is 362 g/mol. The van der Waals surface area contributed by atoms with Crippen LogP contribution in [0.1, 0.15) is 36.8 Å². The van der Waals surface area contributed by atoms with E-state index in [-0.39, 0.29) is 36.7 Å². The molecule has 0 saturated heterocycles. The highest BCUT2D eigenvalue weighted by Gasteiger charge is 2.28. The van der Waals surface area contributed by atoms with Gasteiger partial charge in [0.1, 0.15) is 11.6 Å². The topological polar surface area (TPSA) is 58.2 Å². The summed E-state index contributed by atoms with van der Waals surface area (Å²) in [5.41, 5.74) is 0.687. The van der Waals surface area contributed by atoms with E-state index in [0.29, 0.717) is 11.1 Å². The maximum atomic E-state index is 13.7. The smallest absolute Gasteiger partial charge is 0.224 e. The zero-order valence-corrected chi connectivity index (χ0v) is 15.6. The summed E-state index contributed by atoms with van der Waals surface area (Å²) < 4.78 is 27.5. The summed E-state index contributed by atoms with van der Waals surface area (Å²) in [7, 11) is 0. The molecule has 148 valence electrons. The molecule has 28 heavy (non-hydrogen) atoms. The molecule has 2 aromatic rings. The summed E-state index contributed by atoms with van der Waals surface area (Å²) in [6.07, 6.45) is 3.30. The van der Waals surface area contributed by atoms with Crippen LogP contribution in [0.25, 0.3) is 0 Å². The average molecular weight is 386 g/mol. The Morgan fingerprint density at radius 2 is 1.14 bits per heavy atom. The summed E-state index contributed by atoms with van der Waals surface area (Å²) in [5, 5.41) is 5.86. The van der Waals surface area contributed by atoms with Crippen LogP contribution in [-0.4, -0.2) is 23.9 Å². The van der Waals surface area contributed by atoms with E-state index in [9.17, 15) is 18.4 Å². The minimum atomic E-state index is -0.406. The molecule has 1 aliphatic carbocycles. The minimum Gasteiger partial charge on any atom is -0.351 e. The summed E-state index contributed by atoms with van der Waals surface area (Å²) in [6, 6.07) is 12.0. The lowest BCUT2D eigenvalue weighted by Gasteiger charge is -2.33. The second-order valence-electron chi connectivity index (χ2n) is 7.17. The van der Waals surface area contributed by atoms with Gasteiger partial charge in [-0.25, -0.2) is 8.78 Å². The highest BCUT2D eigenvalue weighted by molar-refractivity contribution is 5.80. The first-order valence-corrected chi connectivity index (χ1v) is 9.58. The van der Waals surface area contributed by atoms with Crippen LogP contribution in [0.15, 0.2) is 48.5 Å². The third-order valence-corrected chi connectivity index (χ3v) is 5.08. The maximum absolute atomic E-state index is 13.7. The van der Waals surface area contributed by atoms with Gasteiger partial charge in [0.15, 0.2) is 0 Å². The lowest BCUT2D eigenvalue weighted by Crippen LogP contribution is -2.53. The van der Waals surface area contributed by atoms with Crippen LogP contribution in [0.3, 0.4) is 0 Å². The van der Waals surface area contributed by atoms with Crippen molar-refractivity contribution in [2.45, 2.75) is 50.6 Å². The van der Waals surface area contributed by atoms with Crippen molar-refractivity contribution in [1.82, 2.24) is 10.6 Å². The molecule has 2 amide bonds. The van der Waals surface area contributed by atoms with E-state index in [4.69, 9.17) is 0 Å². The Balaban J connectivity index is 1.57. The predicted molar refractivity (Wildman–Crippen MR) is 103 cm³/mol. The van der Waals surface area contributed by atoms with Gasteiger partial charge in [-0.05, 0) is 36.1 Å². The zero-order chi connectivity index (χ0) is 19.9. The number of amides is 2. The highest BCUT2D eigenvalue weighted by Crippen LogP contribution is 2.19. The van der Waals surface area contributed by atoms with Gasteiger partial charge in [0.2, 0.25) is 11.8 Å². The van der Waals surface area contributed by atoms with Crippen molar-refractivity contribution in [2.24, 2.45) is 0 Å². The SMILES string of the molecule is O=C(Cc1ccccc1F)NC1CCCCC1NC(=O)Cc1ccccc1F. The third kappa shape index (κ3) is 5.38.